The minimum absolute atomic E-state index is 0.184. The molecule has 0 aliphatic heterocycles. The van der Waals surface area contributed by atoms with E-state index in [2.05, 4.69) is 20.7 Å². The van der Waals surface area contributed by atoms with Crippen LogP contribution in [0.15, 0.2) is 22.7 Å². The molecule has 0 spiro atoms. The third kappa shape index (κ3) is 3.64. The lowest BCUT2D eigenvalue weighted by molar-refractivity contribution is 0.592. The Hall–Kier alpha value is -0.300. The number of halogens is 2. The molecular formula is C9H12BrFN2OS. The Morgan fingerprint density at radius 3 is 2.93 bits per heavy atom. The molecule has 0 bridgehead atoms. The van der Waals surface area contributed by atoms with Gasteiger partial charge in [-0.1, -0.05) is 15.9 Å². The van der Waals surface area contributed by atoms with Gasteiger partial charge in [-0.15, -0.1) is 0 Å². The second-order valence-corrected chi connectivity index (χ2v) is 5.34. The summed E-state index contributed by atoms with van der Waals surface area (Å²) in [5.41, 5.74) is 6.12. The third-order valence-corrected chi connectivity index (χ3v) is 3.53. The fourth-order valence-electron chi connectivity index (χ4n) is 1.13. The topological polar surface area (TPSA) is 55.1 Å². The molecule has 0 fully saturated rings. The second-order valence-electron chi connectivity index (χ2n) is 2.99. The molecule has 0 aliphatic carbocycles. The zero-order valence-corrected chi connectivity index (χ0v) is 10.6. The maximum atomic E-state index is 13.4. The van der Waals surface area contributed by atoms with Crippen molar-refractivity contribution in [3.05, 3.63) is 34.1 Å². The van der Waals surface area contributed by atoms with Crippen molar-refractivity contribution in [2.45, 2.75) is 6.04 Å². The lowest BCUT2D eigenvalue weighted by Gasteiger charge is -2.12. The van der Waals surface area contributed by atoms with E-state index >= 15 is 0 Å². The number of rotatable bonds is 4. The van der Waals surface area contributed by atoms with Crippen LogP contribution >= 0.6 is 15.9 Å². The van der Waals surface area contributed by atoms with Crippen molar-refractivity contribution in [2.24, 2.45) is 5.73 Å². The molecule has 15 heavy (non-hydrogen) atoms. The minimum Gasteiger partial charge on any atom is -0.323 e. The zero-order valence-electron chi connectivity index (χ0n) is 8.17. The molecule has 2 unspecified atom stereocenters. The Labute approximate surface area is 99.0 Å². The summed E-state index contributed by atoms with van der Waals surface area (Å²) in [5, 5.41) is 0. The highest BCUT2D eigenvalue weighted by Crippen LogP contribution is 2.20. The van der Waals surface area contributed by atoms with E-state index in [9.17, 15) is 8.60 Å². The van der Waals surface area contributed by atoms with Crippen LogP contribution in [0.1, 0.15) is 11.6 Å². The van der Waals surface area contributed by atoms with Crippen LogP contribution in [0.4, 0.5) is 4.39 Å². The van der Waals surface area contributed by atoms with E-state index in [1.807, 2.05) is 0 Å². The van der Waals surface area contributed by atoms with Gasteiger partial charge in [-0.05, 0) is 25.2 Å². The molecule has 0 saturated carbocycles. The van der Waals surface area contributed by atoms with Crippen LogP contribution in [-0.2, 0) is 11.0 Å². The normalized spacial score (nSPS) is 14.9. The Kier molecular flexibility index (Phi) is 4.85. The van der Waals surface area contributed by atoms with Crippen molar-refractivity contribution in [2.75, 3.05) is 12.8 Å². The Morgan fingerprint density at radius 2 is 2.33 bits per heavy atom. The maximum Gasteiger partial charge on any atom is 0.128 e. The average Bonchev–Trinajstić information content (AvgIpc) is 2.21. The van der Waals surface area contributed by atoms with E-state index in [0.717, 1.165) is 4.47 Å². The highest BCUT2D eigenvalue weighted by atomic mass is 79.9. The van der Waals surface area contributed by atoms with Crippen LogP contribution < -0.4 is 10.5 Å². The minimum atomic E-state index is -1.23. The van der Waals surface area contributed by atoms with Gasteiger partial charge in [-0.3, -0.25) is 0 Å². The number of nitrogens with one attached hydrogen (secondary N) is 1. The van der Waals surface area contributed by atoms with Gasteiger partial charge in [0.1, 0.15) is 5.82 Å². The predicted octanol–water partition coefficient (Wildman–Crippen LogP) is 1.47. The van der Waals surface area contributed by atoms with Gasteiger partial charge in [-0.2, -0.15) is 0 Å². The molecule has 0 heterocycles. The zero-order chi connectivity index (χ0) is 11.4. The van der Waals surface area contributed by atoms with E-state index < -0.39 is 17.0 Å². The van der Waals surface area contributed by atoms with Crippen molar-refractivity contribution in [3.63, 3.8) is 0 Å². The van der Waals surface area contributed by atoms with E-state index in [0.29, 0.717) is 5.56 Å². The highest BCUT2D eigenvalue weighted by molar-refractivity contribution is 9.10. The van der Waals surface area contributed by atoms with Gasteiger partial charge < -0.3 is 5.73 Å². The SMILES string of the molecule is CNS(=O)CC(N)c1cc(Br)ccc1F. The van der Waals surface area contributed by atoms with Gasteiger partial charge in [0.25, 0.3) is 0 Å². The summed E-state index contributed by atoms with van der Waals surface area (Å²) in [4.78, 5) is 0. The Morgan fingerprint density at radius 1 is 1.67 bits per heavy atom. The van der Waals surface area contributed by atoms with Crippen LogP contribution in [0.2, 0.25) is 0 Å². The van der Waals surface area contributed by atoms with Gasteiger partial charge in [0.2, 0.25) is 0 Å². The first-order valence-corrected chi connectivity index (χ1v) is 6.42. The molecule has 2 atom stereocenters. The summed E-state index contributed by atoms with van der Waals surface area (Å²) in [6.45, 7) is 0. The first-order chi connectivity index (χ1) is 7.04. The number of benzene rings is 1. The second kappa shape index (κ2) is 5.69. The van der Waals surface area contributed by atoms with Gasteiger partial charge in [0, 0.05) is 16.1 Å². The molecule has 1 aromatic rings. The van der Waals surface area contributed by atoms with Gasteiger partial charge in [0.05, 0.1) is 16.7 Å². The number of hydrogen-bond donors (Lipinski definition) is 2. The molecule has 0 amide bonds. The van der Waals surface area contributed by atoms with Gasteiger partial charge in [0.15, 0.2) is 0 Å². The van der Waals surface area contributed by atoms with E-state index in [4.69, 9.17) is 5.73 Å². The first kappa shape index (κ1) is 12.8. The lowest BCUT2D eigenvalue weighted by atomic mass is 10.1. The third-order valence-electron chi connectivity index (χ3n) is 1.92. The molecular weight excluding hydrogens is 283 g/mol. The summed E-state index contributed by atoms with van der Waals surface area (Å²) in [5.74, 6) is -0.192. The fraction of sp³-hybridized carbons (Fsp3) is 0.333. The molecule has 0 radical (unpaired) electrons. The Balaban J connectivity index is 2.85. The van der Waals surface area contributed by atoms with E-state index in [1.54, 1.807) is 19.2 Å². The molecule has 1 aromatic carbocycles. The molecule has 6 heteroatoms. The molecule has 0 aromatic heterocycles. The van der Waals surface area contributed by atoms with Crippen molar-refractivity contribution in [1.82, 2.24) is 4.72 Å². The van der Waals surface area contributed by atoms with Gasteiger partial charge >= 0.3 is 0 Å². The van der Waals surface area contributed by atoms with Crippen molar-refractivity contribution < 1.29 is 8.60 Å². The van der Waals surface area contributed by atoms with Crippen LogP contribution in [0.5, 0.6) is 0 Å². The van der Waals surface area contributed by atoms with Gasteiger partial charge in [-0.25, -0.2) is 13.3 Å². The summed E-state index contributed by atoms with van der Waals surface area (Å²) in [6, 6.07) is 3.96. The smallest absolute Gasteiger partial charge is 0.128 e. The number of nitrogens with two attached hydrogens (primary N) is 1. The maximum absolute atomic E-state index is 13.4. The van der Waals surface area contributed by atoms with E-state index in [-0.39, 0.29) is 11.6 Å². The molecule has 3 N–H and O–H groups in total. The van der Waals surface area contributed by atoms with Crippen molar-refractivity contribution >= 4 is 26.9 Å². The molecule has 0 saturated heterocycles. The Bertz CT molecular complexity index is 375. The summed E-state index contributed by atoms with van der Waals surface area (Å²) in [7, 11) is 0.340. The number of hydrogen-bond acceptors (Lipinski definition) is 2. The summed E-state index contributed by atoms with van der Waals surface area (Å²) < 4.78 is 27.8. The van der Waals surface area contributed by atoms with Crippen LogP contribution in [0.3, 0.4) is 0 Å². The first-order valence-electron chi connectivity index (χ1n) is 4.31. The molecule has 3 nitrogen and oxygen atoms in total. The quantitative estimate of drug-likeness (QED) is 0.884. The average molecular weight is 295 g/mol. The highest BCUT2D eigenvalue weighted by Gasteiger charge is 2.14. The lowest BCUT2D eigenvalue weighted by Crippen LogP contribution is -2.25. The molecule has 84 valence electrons. The summed E-state index contributed by atoms with van der Waals surface area (Å²) in [6.07, 6.45) is 0. The van der Waals surface area contributed by atoms with Crippen molar-refractivity contribution in [1.29, 1.82) is 0 Å². The van der Waals surface area contributed by atoms with Crippen molar-refractivity contribution in [3.8, 4) is 0 Å². The molecule has 0 aliphatic rings. The predicted molar refractivity (Wildman–Crippen MR) is 63.1 cm³/mol. The summed E-state index contributed by atoms with van der Waals surface area (Å²) >= 11 is 3.23. The largest absolute Gasteiger partial charge is 0.323 e. The van der Waals surface area contributed by atoms with Crippen LogP contribution in [-0.4, -0.2) is 17.0 Å². The van der Waals surface area contributed by atoms with E-state index in [1.165, 1.54) is 6.07 Å². The van der Waals surface area contributed by atoms with Crippen LogP contribution in [0.25, 0.3) is 0 Å². The monoisotopic (exact) mass is 294 g/mol. The van der Waals surface area contributed by atoms with Crippen LogP contribution in [0, 0.1) is 5.82 Å². The standard InChI is InChI=1S/C9H12BrFN2OS/c1-13-15(14)5-9(12)7-4-6(10)2-3-8(7)11/h2-4,9,13H,5,12H2,1H3. The fourth-order valence-corrected chi connectivity index (χ4v) is 2.19. The molecule has 1 rings (SSSR count).